The van der Waals surface area contributed by atoms with Crippen LogP contribution < -0.4 is 10.7 Å². The van der Waals surface area contributed by atoms with Crippen LogP contribution in [0.4, 0.5) is 4.79 Å². The molecule has 0 bridgehead atoms. The molecule has 1 atom stereocenters. The van der Waals surface area contributed by atoms with Gasteiger partial charge in [-0.25, -0.2) is 4.79 Å². The largest absolute Gasteiger partial charge is 0.468 e. The van der Waals surface area contributed by atoms with Crippen molar-refractivity contribution in [3.05, 3.63) is 46.5 Å². The van der Waals surface area contributed by atoms with Gasteiger partial charge in [0.25, 0.3) is 11.8 Å². The number of furan rings is 1. The summed E-state index contributed by atoms with van der Waals surface area (Å²) in [7, 11) is 0. The van der Waals surface area contributed by atoms with Gasteiger partial charge in [0, 0.05) is 11.4 Å². The summed E-state index contributed by atoms with van der Waals surface area (Å²) in [5, 5.41) is 5.34. The van der Waals surface area contributed by atoms with Crippen molar-refractivity contribution >= 4 is 29.2 Å². The Morgan fingerprint density at radius 2 is 2.15 bits per heavy atom. The maximum absolute atomic E-state index is 12.5. The first kappa shape index (κ1) is 19.1. The zero-order chi connectivity index (χ0) is 19.4. The van der Waals surface area contributed by atoms with Gasteiger partial charge in [-0.15, -0.1) is 11.3 Å². The van der Waals surface area contributed by atoms with E-state index < -0.39 is 23.4 Å². The number of carbonyl (C=O) groups is 3. The van der Waals surface area contributed by atoms with E-state index in [9.17, 15) is 14.4 Å². The topological polar surface area (TPSA) is 94.9 Å². The molecule has 1 aliphatic rings. The van der Waals surface area contributed by atoms with Gasteiger partial charge < -0.3 is 9.73 Å². The summed E-state index contributed by atoms with van der Waals surface area (Å²) >= 11 is 1.59. The fraction of sp³-hybridized carbons (Fsp3) is 0.389. The lowest BCUT2D eigenvalue weighted by molar-refractivity contribution is -0.139. The van der Waals surface area contributed by atoms with Gasteiger partial charge >= 0.3 is 6.03 Å². The minimum Gasteiger partial charge on any atom is -0.468 e. The van der Waals surface area contributed by atoms with Gasteiger partial charge in [-0.1, -0.05) is 13.0 Å². The SMILES string of the molecule is CC[C@]1(C)NC(=O)N(NC(=O)CN(Cc2ccco2)Cc2cccs2)C1=O. The zero-order valence-corrected chi connectivity index (χ0v) is 16.0. The Labute approximate surface area is 161 Å². The quantitative estimate of drug-likeness (QED) is 0.673. The van der Waals surface area contributed by atoms with E-state index in [4.69, 9.17) is 4.42 Å². The van der Waals surface area contributed by atoms with E-state index in [2.05, 4.69) is 10.7 Å². The lowest BCUT2D eigenvalue weighted by Crippen LogP contribution is -2.51. The van der Waals surface area contributed by atoms with Crippen LogP contribution in [0.1, 0.15) is 30.9 Å². The van der Waals surface area contributed by atoms with Gasteiger partial charge in [0.1, 0.15) is 11.3 Å². The zero-order valence-electron chi connectivity index (χ0n) is 15.2. The highest BCUT2D eigenvalue weighted by atomic mass is 32.1. The third kappa shape index (κ3) is 4.37. The normalized spacial score (nSPS) is 19.6. The monoisotopic (exact) mass is 390 g/mol. The molecule has 0 radical (unpaired) electrons. The molecule has 4 amide bonds. The van der Waals surface area contributed by atoms with E-state index in [-0.39, 0.29) is 6.54 Å². The van der Waals surface area contributed by atoms with Gasteiger partial charge in [-0.2, -0.15) is 5.01 Å². The minimum atomic E-state index is -0.991. The fourth-order valence-electron chi connectivity index (χ4n) is 2.80. The van der Waals surface area contributed by atoms with Crippen LogP contribution in [0.5, 0.6) is 0 Å². The van der Waals surface area contributed by atoms with Crippen LogP contribution in [0.2, 0.25) is 0 Å². The Balaban J connectivity index is 1.65. The summed E-state index contributed by atoms with van der Waals surface area (Å²) in [5.41, 5.74) is 1.43. The molecule has 8 nitrogen and oxygen atoms in total. The number of hydrogen-bond acceptors (Lipinski definition) is 6. The van der Waals surface area contributed by atoms with Crippen molar-refractivity contribution in [3.8, 4) is 0 Å². The first-order valence-corrected chi connectivity index (χ1v) is 9.52. The van der Waals surface area contributed by atoms with E-state index in [1.54, 1.807) is 37.5 Å². The highest BCUT2D eigenvalue weighted by molar-refractivity contribution is 7.09. The Bertz CT molecular complexity index is 769. The lowest BCUT2D eigenvalue weighted by Gasteiger charge is -2.22. The summed E-state index contributed by atoms with van der Waals surface area (Å²) in [6.45, 7) is 4.44. The number of hydrazine groups is 1. The molecule has 3 rings (SSSR count). The summed E-state index contributed by atoms with van der Waals surface area (Å²) in [6, 6.07) is 6.95. The summed E-state index contributed by atoms with van der Waals surface area (Å²) < 4.78 is 5.38. The molecule has 0 aliphatic carbocycles. The molecule has 144 valence electrons. The van der Waals surface area contributed by atoms with E-state index in [1.807, 2.05) is 28.5 Å². The molecular formula is C18H22N4O4S. The standard InChI is InChI=1S/C18H22N4O4S/c1-3-18(2)16(24)22(17(25)19-18)20-15(23)12-21(10-13-6-4-8-26-13)11-14-7-5-9-27-14/h4-9H,3,10-12H2,1-2H3,(H,19,25)(H,20,23)/t18-/m0/s1. The smallest absolute Gasteiger partial charge is 0.344 e. The van der Waals surface area contributed by atoms with E-state index in [0.717, 1.165) is 15.6 Å². The van der Waals surface area contributed by atoms with Crippen LogP contribution in [-0.2, 0) is 22.7 Å². The predicted molar refractivity (Wildman–Crippen MR) is 99.4 cm³/mol. The number of hydrogen-bond donors (Lipinski definition) is 2. The molecule has 9 heteroatoms. The Morgan fingerprint density at radius 3 is 2.74 bits per heavy atom. The second-order valence-electron chi connectivity index (χ2n) is 6.60. The number of urea groups is 1. The van der Waals surface area contributed by atoms with Gasteiger partial charge in [0.15, 0.2) is 0 Å². The van der Waals surface area contributed by atoms with Gasteiger partial charge in [-0.3, -0.25) is 19.9 Å². The van der Waals surface area contributed by atoms with Crippen molar-refractivity contribution in [1.29, 1.82) is 0 Å². The number of nitrogens with one attached hydrogen (secondary N) is 2. The van der Waals surface area contributed by atoms with Crippen molar-refractivity contribution in [2.45, 2.75) is 38.9 Å². The molecule has 1 aliphatic heterocycles. The average Bonchev–Trinajstić information content (AvgIpc) is 3.35. The minimum absolute atomic E-state index is 0.0124. The highest BCUT2D eigenvalue weighted by Crippen LogP contribution is 2.19. The lowest BCUT2D eigenvalue weighted by atomic mass is 10.00. The van der Waals surface area contributed by atoms with Crippen molar-refractivity contribution in [1.82, 2.24) is 20.7 Å². The number of imide groups is 1. The van der Waals surface area contributed by atoms with Crippen molar-refractivity contribution < 1.29 is 18.8 Å². The maximum Gasteiger partial charge on any atom is 0.344 e. The van der Waals surface area contributed by atoms with Crippen LogP contribution in [0.3, 0.4) is 0 Å². The number of rotatable bonds is 8. The first-order valence-electron chi connectivity index (χ1n) is 8.64. The fourth-order valence-corrected chi connectivity index (χ4v) is 3.55. The molecule has 0 unspecified atom stereocenters. The molecular weight excluding hydrogens is 368 g/mol. The van der Waals surface area contributed by atoms with Crippen LogP contribution in [-0.4, -0.2) is 39.8 Å². The summed E-state index contributed by atoms with van der Waals surface area (Å²) in [6.07, 6.45) is 2.02. The number of nitrogens with zero attached hydrogens (tertiary/aromatic N) is 2. The molecule has 2 aromatic rings. The Morgan fingerprint density at radius 1 is 1.33 bits per heavy atom. The third-order valence-corrected chi connectivity index (χ3v) is 5.35. The van der Waals surface area contributed by atoms with E-state index >= 15 is 0 Å². The molecule has 1 fully saturated rings. The molecule has 2 aromatic heterocycles. The number of amides is 4. The Kier molecular flexibility index (Phi) is 5.62. The molecule has 27 heavy (non-hydrogen) atoms. The average molecular weight is 390 g/mol. The van der Waals surface area contributed by atoms with E-state index in [0.29, 0.717) is 19.5 Å². The van der Waals surface area contributed by atoms with Crippen molar-refractivity contribution in [3.63, 3.8) is 0 Å². The van der Waals surface area contributed by atoms with Crippen LogP contribution in [0.15, 0.2) is 40.3 Å². The molecule has 0 aromatic carbocycles. The van der Waals surface area contributed by atoms with Gasteiger partial charge in [0.2, 0.25) is 0 Å². The molecule has 3 heterocycles. The van der Waals surface area contributed by atoms with Crippen LogP contribution in [0.25, 0.3) is 0 Å². The third-order valence-electron chi connectivity index (χ3n) is 4.49. The predicted octanol–water partition coefficient (Wildman–Crippen LogP) is 2.09. The number of thiophene rings is 1. The molecule has 0 saturated carbocycles. The van der Waals surface area contributed by atoms with E-state index in [1.165, 1.54) is 0 Å². The van der Waals surface area contributed by atoms with Gasteiger partial charge in [-0.05, 0) is 36.9 Å². The second kappa shape index (κ2) is 7.93. The first-order chi connectivity index (χ1) is 12.9. The Hall–Kier alpha value is -2.65. The van der Waals surface area contributed by atoms with Crippen LogP contribution in [0, 0.1) is 0 Å². The molecule has 1 saturated heterocycles. The van der Waals surface area contributed by atoms with Crippen molar-refractivity contribution in [2.24, 2.45) is 0 Å². The molecule has 0 spiro atoms. The second-order valence-corrected chi connectivity index (χ2v) is 7.63. The summed E-state index contributed by atoms with van der Waals surface area (Å²) in [5.74, 6) is -0.172. The molecule has 2 N–H and O–H groups in total. The maximum atomic E-state index is 12.5. The highest BCUT2D eigenvalue weighted by Gasteiger charge is 2.47. The van der Waals surface area contributed by atoms with Gasteiger partial charge in [0.05, 0.1) is 19.4 Å². The summed E-state index contributed by atoms with van der Waals surface area (Å²) in [4.78, 5) is 39.9. The van der Waals surface area contributed by atoms with Crippen molar-refractivity contribution in [2.75, 3.05) is 6.54 Å². The number of carbonyl (C=O) groups excluding carboxylic acids is 3. The van der Waals surface area contributed by atoms with Crippen LogP contribution >= 0.6 is 11.3 Å².